The number of rotatable bonds is 13. The van der Waals surface area contributed by atoms with Crippen LogP contribution in [0, 0.1) is 0 Å². The highest BCUT2D eigenvalue weighted by molar-refractivity contribution is 5.85. The lowest BCUT2D eigenvalue weighted by Crippen LogP contribution is -2.30. The number of para-hydroxylation sites is 1. The number of ether oxygens (including phenoxy) is 1. The molecule has 0 spiro atoms. The molecule has 1 aromatic carbocycles. The predicted molar refractivity (Wildman–Crippen MR) is 139 cm³/mol. The minimum atomic E-state index is -0.439. The Morgan fingerprint density at radius 1 is 1.05 bits per heavy atom. The van der Waals surface area contributed by atoms with Crippen LogP contribution in [0.3, 0.4) is 0 Å². The number of methoxy groups -OCH3 is 1. The van der Waals surface area contributed by atoms with Crippen LogP contribution in [0.5, 0.6) is 5.88 Å². The van der Waals surface area contributed by atoms with E-state index in [4.69, 9.17) is 9.15 Å². The summed E-state index contributed by atoms with van der Waals surface area (Å²) >= 11 is 0. The first kappa shape index (κ1) is 25.9. The normalized spacial score (nSPS) is 11.8. The number of nitrogens with zero attached hydrogens (tertiary/aromatic N) is 4. The van der Waals surface area contributed by atoms with Gasteiger partial charge >= 0.3 is 0 Å². The largest absolute Gasteiger partial charge is 0.480 e. The van der Waals surface area contributed by atoms with Crippen molar-refractivity contribution in [1.29, 1.82) is 0 Å². The smallest absolute Gasteiger partial charge is 0.228 e. The Bertz CT molecular complexity index is 1340. The van der Waals surface area contributed by atoms with Crippen LogP contribution >= 0.6 is 0 Å². The maximum Gasteiger partial charge on any atom is 0.228 e. The Balaban J connectivity index is 1.52. The Morgan fingerprint density at radius 3 is 2.65 bits per heavy atom. The number of pyridine rings is 1. The van der Waals surface area contributed by atoms with Crippen molar-refractivity contribution < 1.29 is 18.7 Å². The highest BCUT2D eigenvalue weighted by Crippen LogP contribution is 2.33. The second-order valence-electron chi connectivity index (χ2n) is 8.75. The lowest BCUT2D eigenvalue weighted by atomic mass is 10.0. The Morgan fingerprint density at radius 2 is 1.86 bits per heavy atom. The third kappa shape index (κ3) is 6.97. The summed E-state index contributed by atoms with van der Waals surface area (Å²) in [7, 11) is 1.57. The number of aromatic nitrogens is 4. The second-order valence-corrected chi connectivity index (χ2v) is 8.75. The van der Waals surface area contributed by atoms with E-state index in [-0.39, 0.29) is 18.1 Å². The summed E-state index contributed by atoms with van der Waals surface area (Å²) < 4.78 is 11.7. The molecule has 3 heterocycles. The molecule has 0 fully saturated rings. The van der Waals surface area contributed by atoms with Crippen LogP contribution in [0.4, 0.5) is 0 Å². The first-order chi connectivity index (χ1) is 18.1. The average molecular weight is 502 g/mol. The molecule has 0 aliphatic heterocycles. The van der Waals surface area contributed by atoms with Gasteiger partial charge in [-0.05, 0) is 31.0 Å². The van der Waals surface area contributed by atoms with Crippen LogP contribution in [0.25, 0.3) is 22.2 Å². The van der Waals surface area contributed by atoms with Gasteiger partial charge in [-0.3, -0.25) is 9.59 Å². The minimum Gasteiger partial charge on any atom is -0.480 e. The lowest BCUT2D eigenvalue weighted by Gasteiger charge is -2.16. The molecule has 0 saturated carbocycles. The molecule has 0 bridgehead atoms. The van der Waals surface area contributed by atoms with Gasteiger partial charge in [0.1, 0.15) is 17.6 Å². The number of oxazole rings is 1. The fourth-order valence-corrected chi connectivity index (χ4v) is 4.10. The summed E-state index contributed by atoms with van der Waals surface area (Å²) in [6, 6.07) is 11.0. The van der Waals surface area contributed by atoms with Gasteiger partial charge in [-0.1, -0.05) is 38.0 Å². The van der Waals surface area contributed by atoms with Gasteiger partial charge in [0, 0.05) is 30.6 Å². The molecular formula is C28H31N5O4. The molecular weight excluding hydrogens is 470 g/mol. The number of carbonyl (C=O) groups excluding carboxylic acids is 2. The average Bonchev–Trinajstić information content (AvgIpc) is 3.42. The van der Waals surface area contributed by atoms with Crippen molar-refractivity contribution in [3.8, 4) is 17.2 Å². The number of hydrogen-bond acceptors (Lipinski definition) is 8. The van der Waals surface area contributed by atoms with Crippen molar-refractivity contribution >= 4 is 22.6 Å². The van der Waals surface area contributed by atoms with E-state index in [0.717, 1.165) is 30.2 Å². The van der Waals surface area contributed by atoms with Gasteiger partial charge in [0.05, 0.1) is 30.8 Å². The third-order valence-electron chi connectivity index (χ3n) is 6.09. The first-order valence-corrected chi connectivity index (χ1v) is 12.5. The summed E-state index contributed by atoms with van der Waals surface area (Å²) in [5, 5.41) is 3.98. The molecule has 1 unspecified atom stereocenters. The zero-order chi connectivity index (χ0) is 26.0. The van der Waals surface area contributed by atoms with Gasteiger partial charge in [-0.15, -0.1) is 0 Å². The summed E-state index contributed by atoms with van der Waals surface area (Å²) in [6.07, 6.45) is 9.16. The van der Waals surface area contributed by atoms with Crippen molar-refractivity contribution in [1.82, 2.24) is 25.3 Å². The number of benzene rings is 1. The molecule has 4 rings (SSSR count). The van der Waals surface area contributed by atoms with Gasteiger partial charge in [0.25, 0.3) is 0 Å². The molecule has 0 aliphatic carbocycles. The van der Waals surface area contributed by atoms with Crippen LogP contribution in [0.2, 0.25) is 0 Å². The molecule has 4 aromatic rings. The van der Waals surface area contributed by atoms with E-state index in [0.29, 0.717) is 48.2 Å². The fraction of sp³-hybridized carbons (Fsp3) is 0.357. The molecule has 1 amide bonds. The molecule has 1 atom stereocenters. The van der Waals surface area contributed by atoms with E-state index in [1.807, 2.05) is 37.3 Å². The third-order valence-corrected chi connectivity index (χ3v) is 6.09. The molecule has 37 heavy (non-hydrogen) atoms. The van der Waals surface area contributed by atoms with Gasteiger partial charge in [0.15, 0.2) is 5.76 Å². The number of nitrogens with one attached hydrogen (secondary N) is 1. The second kappa shape index (κ2) is 12.7. The van der Waals surface area contributed by atoms with Crippen molar-refractivity contribution in [3.63, 3.8) is 0 Å². The van der Waals surface area contributed by atoms with E-state index in [1.54, 1.807) is 31.8 Å². The molecule has 0 aliphatic rings. The number of hydrogen-bond donors (Lipinski definition) is 1. The predicted octanol–water partition coefficient (Wildman–Crippen LogP) is 5.02. The molecule has 9 nitrogen and oxygen atoms in total. The summed E-state index contributed by atoms with van der Waals surface area (Å²) in [5.41, 5.74) is 1.50. The summed E-state index contributed by atoms with van der Waals surface area (Å²) in [4.78, 5) is 41.8. The highest BCUT2D eigenvalue weighted by atomic mass is 16.5. The van der Waals surface area contributed by atoms with Gasteiger partial charge < -0.3 is 14.5 Å². The SMILES string of the molecule is CCC(=O)CCCCCC(NC(=O)Cc1ncccn1)c1ncc(-c2cc3ccccc3nc2OC)o1. The number of fused-ring (bicyclic) bond motifs is 1. The Kier molecular flexibility index (Phi) is 8.91. The summed E-state index contributed by atoms with van der Waals surface area (Å²) in [6.45, 7) is 1.88. The molecule has 192 valence electrons. The molecule has 0 radical (unpaired) electrons. The maximum atomic E-state index is 12.8. The van der Waals surface area contributed by atoms with Crippen LogP contribution < -0.4 is 10.1 Å². The van der Waals surface area contributed by atoms with Gasteiger partial charge in [-0.25, -0.2) is 19.9 Å². The van der Waals surface area contributed by atoms with Crippen LogP contribution in [-0.2, 0) is 16.0 Å². The quantitative estimate of drug-likeness (QED) is 0.254. The Labute approximate surface area is 215 Å². The van der Waals surface area contributed by atoms with Crippen molar-refractivity contribution in [2.24, 2.45) is 0 Å². The number of amides is 1. The minimum absolute atomic E-state index is 0.0539. The van der Waals surface area contributed by atoms with Crippen molar-refractivity contribution in [2.45, 2.75) is 57.9 Å². The maximum absolute atomic E-state index is 12.8. The summed E-state index contributed by atoms with van der Waals surface area (Å²) in [5.74, 6) is 1.83. The monoisotopic (exact) mass is 501 g/mol. The zero-order valence-electron chi connectivity index (χ0n) is 21.1. The van der Waals surface area contributed by atoms with E-state index in [2.05, 4.69) is 25.3 Å². The standard InChI is InChI=1S/C28H31N5O4/c1-3-20(34)11-5-4-6-13-23(32-26(35)17-25-29-14-9-15-30-25)28-31-18-24(37-28)21-16-19-10-7-8-12-22(19)33-27(21)36-2/h7-10,12,14-16,18,23H,3-6,11,13,17H2,1-2H3,(H,32,35). The molecule has 9 heteroatoms. The van der Waals surface area contributed by atoms with Crippen LogP contribution in [0.1, 0.15) is 63.2 Å². The Hall–Kier alpha value is -4.14. The van der Waals surface area contributed by atoms with E-state index in [9.17, 15) is 9.59 Å². The topological polar surface area (TPSA) is 120 Å². The van der Waals surface area contributed by atoms with Gasteiger partial charge in [-0.2, -0.15) is 0 Å². The van der Waals surface area contributed by atoms with E-state index >= 15 is 0 Å². The first-order valence-electron chi connectivity index (χ1n) is 12.5. The van der Waals surface area contributed by atoms with E-state index in [1.165, 1.54) is 0 Å². The number of unbranched alkanes of at least 4 members (excludes halogenated alkanes) is 2. The number of carbonyl (C=O) groups is 2. The van der Waals surface area contributed by atoms with Gasteiger partial charge in [0.2, 0.25) is 17.7 Å². The van der Waals surface area contributed by atoms with Crippen LogP contribution in [-0.4, -0.2) is 38.7 Å². The van der Waals surface area contributed by atoms with Crippen molar-refractivity contribution in [3.05, 3.63) is 66.7 Å². The van der Waals surface area contributed by atoms with Crippen molar-refractivity contribution in [2.75, 3.05) is 7.11 Å². The molecule has 3 aromatic heterocycles. The van der Waals surface area contributed by atoms with Crippen LogP contribution in [0.15, 0.2) is 59.4 Å². The molecule has 0 saturated heterocycles. The van der Waals surface area contributed by atoms with E-state index < -0.39 is 6.04 Å². The highest BCUT2D eigenvalue weighted by Gasteiger charge is 2.22. The lowest BCUT2D eigenvalue weighted by molar-refractivity contribution is -0.121. The fourth-order valence-electron chi connectivity index (χ4n) is 4.10. The number of ketones is 1. The number of Topliss-reactive ketones (excluding diaryl/α,β-unsaturated/α-hetero) is 1. The molecule has 1 N–H and O–H groups in total. The zero-order valence-corrected chi connectivity index (χ0v) is 21.1.